The number of carbonyl (C=O) groups is 1. The Kier molecular flexibility index (Phi) is 4.86. The quantitative estimate of drug-likeness (QED) is 0.457. The summed E-state index contributed by atoms with van der Waals surface area (Å²) in [6, 6.07) is 2.61. The molecule has 0 bridgehead atoms. The van der Waals surface area contributed by atoms with Crippen LogP contribution in [0.3, 0.4) is 0 Å². The van der Waals surface area contributed by atoms with Gasteiger partial charge in [0.2, 0.25) is 0 Å². The molecule has 7 nitrogen and oxygen atoms in total. The number of aromatic nitrogens is 1. The van der Waals surface area contributed by atoms with Gasteiger partial charge in [0.05, 0.1) is 24.0 Å². The monoisotopic (exact) mass is 239 g/mol. The molecule has 0 amide bonds. The number of rotatable bonds is 6. The van der Waals surface area contributed by atoms with Gasteiger partial charge in [-0.15, -0.1) is 0 Å². The Hall–Kier alpha value is -2.18. The normalized spacial score (nSPS) is 9.71. The number of pyridine rings is 1. The number of anilines is 1. The average molecular weight is 239 g/mol. The Morgan fingerprint density at radius 3 is 3.06 bits per heavy atom. The van der Waals surface area contributed by atoms with E-state index < -0.39 is 4.92 Å². The Morgan fingerprint density at radius 2 is 2.41 bits per heavy atom. The molecule has 0 saturated heterocycles. The predicted molar refractivity (Wildman–Crippen MR) is 60.6 cm³/mol. The van der Waals surface area contributed by atoms with E-state index in [0.717, 1.165) is 0 Å². The van der Waals surface area contributed by atoms with Gasteiger partial charge in [-0.3, -0.25) is 14.9 Å². The lowest BCUT2D eigenvalue weighted by atomic mass is 10.4. The van der Waals surface area contributed by atoms with E-state index in [2.05, 4.69) is 10.3 Å². The van der Waals surface area contributed by atoms with Crippen molar-refractivity contribution in [2.75, 3.05) is 18.5 Å². The van der Waals surface area contributed by atoms with E-state index in [1.54, 1.807) is 6.92 Å². The van der Waals surface area contributed by atoms with Crippen molar-refractivity contribution in [1.29, 1.82) is 0 Å². The highest BCUT2D eigenvalue weighted by Crippen LogP contribution is 2.13. The first-order valence-electron chi connectivity index (χ1n) is 5.13. The molecule has 0 aromatic carbocycles. The molecule has 0 spiro atoms. The van der Waals surface area contributed by atoms with Gasteiger partial charge >= 0.3 is 5.97 Å². The van der Waals surface area contributed by atoms with Gasteiger partial charge in [0, 0.05) is 18.8 Å². The van der Waals surface area contributed by atoms with Crippen LogP contribution < -0.4 is 5.32 Å². The predicted octanol–water partition coefficient (Wildman–Crippen LogP) is 1.35. The lowest BCUT2D eigenvalue weighted by Gasteiger charge is -2.04. The van der Waals surface area contributed by atoms with Gasteiger partial charge in [-0.05, 0) is 6.92 Å². The first-order chi connectivity index (χ1) is 8.13. The summed E-state index contributed by atoms with van der Waals surface area (Å²) in [6.45, 7) is 2.40. The summed E-state index contributed by atoms with van der Waals surface area (Å²) in [7, 11) is 0. The summed E-state index contributed by atoms with van der Waals surface area (Å²) in [5.74, 6) is 0.0499. The van der Waals surface area contributed by atoms with Crippen LogP contribution in [0.1, 0.15) is 13.3 Å². The number of carbonyl (C=O) groups excluding carboxylic acids is 1. The molecule has 0 aliphatic heterocycles. The van der Waals surface area contributed by atoms with Crippen LogP contribution in [-0.4, -0.2) is 29.0 Å². The summed E-state index contributed by atoms with van der Waals surface area (Å²) in [6.07, 6.45) is 1.53. The number of hydrogen-bond acceptors (Lipinski definition) is 6. The van der Waals surface area contributed by atoms with Crippen LogP contribution in [0.4, 0.5) is 11.5 Å². The van der Waals surface area contributed by atoms with E-state index in [-0.39, 0.29) is 18.1 Å². The van der Waals surface area contributed by atoms with Crippen LogP contribution >= 0.6 is 0 Å². The van der Waals surface area contributed by atoms with Crippen LogP contribution in [0.5, 0.6) is 0 Å². The Labute approximate surface area is 98.0 Å². The second-order valence-corrected chi connectivity index (χ2v) is 3.14. The van der Waals surface area contributed by atoms with Crippen molar-refractivity contribution in [1.82, 2.24) is 4.98 Å². The van der Waals surface area contributed by atoms with Crippen molar-refractivity contribution in [3.05, 3.63) is 28.4 Å². The number of hydrogen-bond donors (Lipinski definition) is 1. The van der Waals surface area contributed by atoms with E-state index in [1.165, 1.54) is 18.3 Å². The number of nitrogens with zero attached hydrogens (tertiary/aromatic N) is 2. The molecule has 0 fully saturated rings. The summed E-state index contributed by atoms with van der Waals surface area (Å²) in [5.41, 5.74) is -0.0429. The Bertz CT molecular complexity index is 408. The molecule has 0 unspecified atom stereocenters. The van der Waals surface area contributed by atoms with E-state index in [1.807, 2.05) is 0 Å². The summed E-state index contributed by atoms with van der Waals surface area (Å²) >= 11 is 0. The van der Waals surface area contributed by atoms with Gasteiger partial charge in [-0.25, -0.2) is 4.98 Å². The number of esters is 1. The van der Waals surface area contributed by atoms with Gasteiger partial charge in [0.15, 0.2) is 0 Å². The van der Waals surface area contributed by atoms with Crippen molar-refractivity contribution < 1.29 is 14.5 Å². The zero-order valence-corrected chi connectivity index (χ0v) is 9.38. The third-order valence-electron chi connectivity index (χ3n) is 1.89. The highest BCUT2D eigenvalue weighted by atomic mass is 16.6. The maximum atomic E-state index is 11.0. The smallest absolute Gasteiger partial charge is 0.307 e. The first kappa shape index (κ1) is 12.9. The molecular formula is C10H13N3O4. The molecule has 0 atom stereocenters. The molecule has 1 N–H and O–H groups in total. The fraction of sp³-hybridized carbons (Fsp3) is 0.400. The average Bonchev–Trinajstić information content (AvgIpc) is 2.30. The minimum Gasteiger partial charge on any atom is -0.466 e. The van der Waals surface area contributed by atoms with E-state index in [0.29, 0.717) is 19.0 Å². The largest absolute Gasteiger partial charge is 0.466 e. The molecular weight excluding hydrogens is 226 g/mol. The van der Waals surface area contributed by atoms with Crippen LogP contribution in [0.25, 0.3) is 0 Å². The minimum absolute atomic E-state index is 0.0429. The molecule has 7 heteroatoms. The molecule has 0 aliphatic carbocycles. The maximum Gasteiger partial charge on any atom is 0.307 e. The number of nitrogens with one attached hydrogen (secondary N) is 1. The van der Waals surface area contributed by atoms with Gasteiger partial charge < -0.3 is 10.1 Å². The molecule has 92 valence electrons. The van der Waals surface area contributed by atoms with E-state index >= 15 is 0 Å². The summed E-state index contributed by atoms with van der Waals surface area (Å²) in [5, 5.41) is 13.3. The molecule has 1 rings (SSSR count). The van der Waals surface area contributed by atoms with Gasteiger partial charge in [-0.1, -0.05) is 0 Å². The van der Waals surface area contributed by atoms with E-state index in [4.69, 9.17) is 4.74 Å². The molecule has 0 radical (unpaired) electrons. The fourth-order valence-electron chi connectivity index (χ4n) is 1.16. The highest BCUT2D eigenvalue weighted by Gasteiger charge is 2.07. The number of nitro groups is 1. The SMILES string of the molecule is CCOC(=O)CCNc1cc([N+](=O)[O-])ccn1. The number of ether oxygens (including phenoxy) is 1. The second-order valence-electron chi connectivity index (χ2n) is 3.14. The second kappa shape index (κ2) is 6.41. The maximum absolute atomic E-state index is 11.0. The lowest BCUT2D eigenvalue weighted by Crippen LogP contribution is -2.11. The van der Waals surface area contributed by atoms with Gasteiger partial charge in [-0.2, -0.15) is 0 Å². The van der Waals surface area contributed by atoms with Crippen molar-refractivity contribution in [2.45, 2.75) is 13.3 Å². The molecule has 17 heavy (non-hydrogen) atoms. The van der Waals surface area contributed by atoms with Gasteiger partial charge in [0.25, 0.3) is 5.69 Å². The summed E-state index contributed by atoms with van der Waals surface area (Å²) in [4.78, 5) is 24.9. The van der Waals surface area contributed by atoms with Crippen LogP contribution in [0, 0.1) is 10.1 Å². The zero-order valence-electron chi connectivity index (χ0n) is 9.38. The minimum atomic E-state index is -0.502. The van der Waals surface area contributed by atoms with Crippen molar-refractivity contribution in [2.24, 2.45) is 0 Å². The molecule has 0 aliphatic rings. The molecule has 1 heterocycles. The Morgan fingerprint density at radius 1 is 1.65 bits per heavy atom. The fourth-order valence-corrected chi connectivity index (χ4v) is 1.16. The Balaban J connectivity index is 2.44. The van der Waals surface area contributed by atoms with Crippen LogP contribution in [-0.2, 0) is 9.53 Å². The zero-order chi connectivity index (χ0) is 12.7. The third kappa shape index (κ3) is 4.45. The van der Waals surface area contributed by atoms with Crippen molar-refractivity contribution in [3.63, 3.8) is 0 Å². The summed E-state index contributed by atoms with van der Waals surface area (Å²) < 4.78 is 4.73. The molecule has 0 saturated carbocycles. The van der Waals surface area contributed by atoms with Crippen LogP contribution in [0.15, 0.2) is 18.3 Å². The van der Waals surface area contributed by atoms with E-state index in [9.17, 15) is 14.9 Å². The highest BCUT2D eigenvalue weighted by molar-refractivity contribution is 5.70. The third-order valence-corrected chi connectivity index (χ3v) is 1.89. The van der Waals surface area contributed by atoms with Gasteiger partial charge in [0.1, 0.15) is 5.82 Å². The van der Waals surface area contributed by atoms with Crippen molar-refractivity contribution >= 4 is 17.5 Å². The van der Waals surface area contributed by atoms with Crippen LogP contribution in [0.2, 0.25) is 0 Å². The lowest BCUT2D eigenvalue weighted by molar-refractivity contribution is -0.384. The van der Waals surface area contributed by atoms with Crippen molar-refractivity contribution in [3.8, 4) is 0 Å². The molecule has 1 aromatic heterocycles. The standard InChI is InChI=1S/C10H13N3O4/c1-2-17-10(14)4-6-12-9-7-8(13(15)16)3-5-11-9/h3,5,7H,2,4,6H2,1H3,(H,11,12). The molecule has 1 aromatic rings. The first-order valence-corrected chi connectivity index (χ1v) is 5.13. The topological polar surface area (TPSA) is 94.4 Å².